The van der Waals surface area contributed by atoms with Crippen LogP contribution in [-0.2, 0) is 18.9 Å². The van der Waals surface area contributed by atoms with Gasteiger partial charge < -0.3 is 24.7 Å². The monoisotopic (exact) mass is 273 g/mol. The van der Waals surface area contributed by atoms with E-state index in [1.54, 1.807) is 0 Å². The Balaban J connectivity index is 1.69. The van der Waals surface area contributed by atoms with Gasteiger partial charge in [0.25, 0.3) is 0 Å². The molecule has 5 nitrogen and oxygen atoms in total. The lowest BCUT2D eigenvalue weighted by Crippen LogP contribution is -2.52. The summed E-state index contributed by atoms with van der Waals surface area (Å²) in [6.45, 7) is 5.51. The first-order valence-electron chi connectivity index (χ1n) is 7.44. The van der Waals surface area contributed by atoms with Gasteiger partial charge in [-0.15, -0.1) is 0 Å². The predicted octanol–water partition coefficient (Wildman–Crippen LogP) is 1.65. The van der Waals surface area contributed by atoms with Crippen LogP contribution in [0, 0.1) is 5.41 Å². The molecule has 0 amide bonds. The van der Waals surface area contributed by atoms with Gasteiger partial charge in [-0.3, -0.25) is 0 Å². The van der Waals surface area contributed by atoms with Crippen molar-refractivity contribution in [3.63, 3.8) is 0 Å². The van der Waals surface area contributed by atoms with Crippen LogP contribution in [0.1, 0.15) is 39.0 Å². The van der Waals surface area contributed by atoms with E-state index in [0.29, 0.717) is 33.0 Å². The first kappa shape index (κ1) is 15.2. The number of ether oxygens (including phenoxy) is 4. The van der Waals surface area contributed by atoms with Crippen LogP contribution in [0.3, 0.4) is 0 Å². The van der Waals surface area contributed by atoms with Crippen molar-refractivity contribution >= 4 is 0 Å². The molecule has 0 unspecified atom stereocenters. The van der Waals surface area contributed by atoms with Gasteiger partial charge in [-0.05, 0) is 32.2 Å². The Kier molecular flexibility index (Phi) is 6.04. The van der Waals surface area contributed by atoms with Crippen molar-refractivity contribution in [3.8, 4) is 0 Å². The Bertz CT molecular complexity index is 216. The van der Waals surface area contributed by atoms with Gasteiger partial charge in [0.05, 0.1) is 31.8 Å². The zero-order valence-electron chi connectivity index (χ0n) is 11.9. The minimum Gasteiger partial charge on any atom is -0.352 e. The highest BCUT2D eigenvalue weighted by Crippen LogP contribution is 2.31. The number of unbranched alkanes of at least 4 members (excludes halogenated alkanes) is 1. The van der Waals surface area contributed by atoms with Crippen LogP contribution in [0.25, 0.3) is 0 Å². The normalized spacial score (nSPS) is 35.7. The molecule has 2 rings (SSSR count). The first-order valence-corrected chi connectivity index (χ1v) is 7.44. The van der Waals surface area contributed by atoms with Crippen LogP contribution >= 0.6 is 0 Å². The predicted molar refractivity (Wildman–Crippen MR) is 71.6 cm³/mol. The third kappa shape index (κ3) is 4.39. The molecule has 2 fully saturated rings. The molecule has 112 valence electrons. The van der Waals surface area contributed by atoms with Gasteiger partial charge in [0.2, 0.25) is 0 Å². The molecule has 5 heteroatoms. The van der Waals surface area contributed by atoms with Crippen molar-refractivity contribution in [1.82, 2.24) is 0 Å². The fraction of sp³-hybridized carbons (Fsp3) is 1.00. The molecule has 1 spiro atoms. The number of hydrogen-bond acceptors (Lipinski definition) is 5. The second-order valence-electron chi connectivity index (χ2n) is 5.68. The van der Waals surface area contributed by atoms with E-state index < -0.39 is 0 Å². The Morgan fingerprint density at radius 2 is 1.37 bits per heavy atom. The summed E-state index contributed by atoms with van der Waals surface area (Å²) >= 11 is 0. The van der Waals surface area contributed by atoms with E-state index >= 15 is 0 Å². The van der Waals surface area contributed by atoms with Crippen LogP contribution in [0.2, 0.25) is 0 Å². The molecule has 0 aromatic rings. The molecular weight excluding hydrogens is 246 g/mol. The molecule has 0 bridgehead atoms. The SMILES string of the molecule is CCCCC1OCC2(CO1)COC(CCCN)OC2. The maximum Gasteiger partial charge on any atom is 0.157 e. The van der Waals surface area contributed by atoms with Gasteiger partial charge in [0, 0.05) is 0 Å². The topological polar surface area (TPSA) is 62.9 Å². The van der Waals surface area contributed by atoms with Crippen molar-refractivity contribution in [2.45, 2.75) is 51.6 Å². The quantitative estimate of drug-likeness (QED) is 0.797. The van der Waals surface area contributed by atoms with Crippen molar-refractivity contribution in [2.75, 3.05) is 33.0 Å². The maximum absolute atomic E-state index is 5.79. The lowest BCUT2D eigenvalue weighted by Gasteiger charge is -2.43. The molecule has 0 atom stereocenters. The summed E-state index contributed by atoms with van der Waals surface area (Å²) in [5.74, 6) is 0. The highest BCUT2D eigenvalue weighted by molar-refractivity contribution is 4.84. The van der Waals surface area contributed by atoms with Crippen molar-refractivity contribution in [3.05, 3.63) is 0 Å². The van der Waals surface area contributed by atoms with E-state index in [2.05, 4.69) is 6.92 Å². The van der Waals surface area contributed by atoms with Crippen LogP contribution in [0.4, 0.5) is 0 Å². The van der Waals surface area contributed by atoms with E-state index in [4.69, 9.17) is 24.7 Å². The minimum absolute atomic E-state index is 0.0412. The van der Waals surface area contributed by atoms with E-state index in [-0.39, 0.29) is 18.0 Å². The fourth-order valence-electron chi connectivity index (χ4n) is 2.41. The lowest BCUT2D eigenvalue weighted by molar-refractivity contribution is -0.304. The summed E-state index contributed by atoms with van der Waals surface area (Å²) in [5.41, 5.74) is 5.38. The third-order valence-corrected chi connectivity index (χ3v) is 3.74. The molecular formula is C14H27NO4. The minimum atomic E-state index is -0.109. The van der Waals surface area contributed by atoms with Crippen LogP contribution in [0.15, 0.2) is 0 Å². The molecule has 19 heavy (non-hydrogen) atoms. The van der Waals surface area contributed by atoms with Crippen molar-refractivity contribution in [1.29, 1.82) is 0 Å². The molecule has 0 saturated carbocycles. The number of rotatable bonds is 6. The van der Waals surface area contributed by atoms with Gasteiger partial charge >= 0.3 is 0 Å². The van der Waals surface area contributed by atoms with Crippen LogP contribution in [-0.4, -0.2) is 45.6 Å². The van der Waals surface area contributed by atoms with Crippen LogP contribution in [0.5, 0.6) is 0 Å². The lowest BCUT2D eigenvalue weighted by atomic mass is 9.90. The average Bonchev–Trinajstić information content (AvgIpc) is 2.46. The van der Waals surface area contributed by atoms with Gasteiger partial charge in [-0.25, -0.2) is 0 Å². The summed E-state index contributed by atoms with van der Waals surface area (Å²) in [7, 11) is 0. The first-order chi connectivity index (χ1) is 9.28. The summed E-state index contributed by atoms with van der Waals surface area (Å²) in [5, 5.41) is 0. The standard InChI is InChI=1S/C14H27NO4/c1-2-3-5-12-16-8-14(9-17-12)10-18-13(19-11-14)6-4-7-15/h12-13H,2-11,15H2,1H3. The van der Waals surface area contributed by atoms with Crippen molar-refractivity contribution < 1.29 is 18.9 Å². The van der Waals surface area contributed by atoms with Gasteiger partial charge in [-0.2, -0.15) is 0 Å². The summed E-state index contributed by atoms with van der Waals surface area (Å²) in [6.07, 6.45) is 4.95. The van der Waals surface area contributed by atoms with Gasteiger partial charge in [-0.1, -0.05) is 13.3 Å². The summed E-state index contributed by atoms with van der Waals surface area (Å²) in [6, 6.07) is 0. The molecule has 2 N–H and O–H groups in total. The third-order valence-electron chi connectivity index (χ3n) is 3.74. The molecule has 0 aromatic heterocycles. The van der Waals surface area contributed by atoms with E-state index in [1.807, 2.05) is 0 Å². The second kappa shape index (κ2) is 7.55. The zero-order valence-corrected chi connectivity index (χ0v) is 11.9. The fourth-order valence-corrected chi connectivity index (χ4v) is 2.41. The zero-order chi connectivity index (χ0) is 13.6. The Morgan fingerprint density at radius 3 is 1.79 bits per heavy atom. The Morgan fingerprint density at radius 1 is 0.895 bits per heavy atom. The molecule has 2 heterocycles. The highest BCUT2D eigenvalue weighted by Gasteiger charge is 2.41. The van der Waals surface area contributed by atoms with E-state index in [1.165, 1.54) is 6.42 Å². The van der Waals surface area contributed by atoms with Gasteiger partial charge in [0.15, 0.2) is 12.6 Å². The molecule has 0 aromatic carbocycles. The van der Waals surface area contributed by atoms with E-state index in [9.17, 15) is 0 Å². The van der Waals surface area contributed by atoms with Gasteiger partial charge in [0.1, 0.15) is 0 Å². The van der Waals surface area contributed by atoms with E-state index in [0.717, 1.165) is 25.7 Å². The molecule has 2 saturated heterocycles. The molecule has 2 aliphatic heterocycles. The molecule has 2 aliphatic rings. The number of nitrogens with two attached hydrogens (primary N) is 1. The Labute approximate surface area is 115 Å². The number of hydrogen-bond donors (Lipinski definition) is 1. The molecule has 0 aliphatic carbocycles. The highest BCUT2D eigenvalue weighted by atomic mass is 16.7. The largest absolute Gasteiger partial charge is 0.352 e. The van der Waals surface area contributed by atoms with Crippen LogP contribution < -0.4 is 5.73 Å². The molecule has 0 radical (unpaired) electrons. The maximum atomic E-state index is 5.79. The smallest absolute Gasteiger partial charge is 0.157 e. The van der Waals surface area contributed by atoms with Crippen molar-refractivity contribution in [2.24, 2.45) is 11.1 Å². The second-order valence-corrected chi connectivity index (χ2v) is 5.68. The summed E-state index contributed by atoms with van der Waals surface area (Å²) < 4.78 is 23.1. The average molecular weight is 273 g/mol. The summed E-state index contributed by atoms with van der Waals surface area (Å²) in [4.78, 5) is 0. The Hall–Kier alpha value is -0.200.